The second-order valence-corrected chi connectivity index (χ2v) is 7.98. The van der Waals surface area contributed by atoms with E-state index in [1.807, 2.05) is 61.0 Å². The van der Waals surface area contributed by atoms with Crippen molar-refractivity contribution in [3.63, 3.8) is 0 Å². The second-order valence-electron chi connectivity index (χ2n) is 7.98. The van der Waals surface area contributed by atoms with Gasteiger partial charge in [-0.1, -0.05) is 13.3 Å². The molecule has 0 spiro atoms. The molecule has 0 fully saturated rings. The van der Waals surface area contributed by atoms with Gasteiger partial charge >= 0.3 is 0 Å². The summed E-state index contributed by atoms with van der Waals surface area (Å²) in [4.78, 5) is 21.5. The maximum atomic E-state index is 12.4. The molecule has 2 aromatic carbocycles. The number of ether oxygens (including phenoxy) is 1. The first kappa shape index (κ1) is 21.6. The number of hydrogen-bond donors (Lipinski definition) is 1. The fourth-order valence-corrected chi connectivity index (χ4v) is 3.92. The molecule has 6 heteroatoms. The van der Waals surface area contributed by atoms with Crippen molar-refractivity contribution in [2.24, 2.45) is 0 Å². The van der Waals surface area contributed by atoms with E-state index < -0.39 is 0 Å². The summed E-state index contributed by atoms with van der Waals surface area (Å²) in [5.41, 5.74) is 6.45. The van der Waals surface area contributed by atoms with E-state index in [2.05, 4.69) is 28.3 Å². The molecule has 0 aliphatic carbocycles. The van der Waals surface area contributed by atoms with E-state index in [4.69, 9.17) is 4.74 Å². The van der Waals surface area contributed by atoms with E-state index in [-0.39, 0.29) is 5.78 Å². The van der Waals surface area contributed by atoms with Crippen molar-refractivity contribution >= 4 is 22.9 Å². The molecule has 1 N–H and O–H groups in total. The zero-order valence-electron chi connectivity index (χ0n) is 19.0. The molecular weight excluding hydrogens is 400 g/mol. The molecule has 2 heterocycles. The van der Waals surface area contributed by atoms with Gasteiger partial charge in [0.25, 0.3) is 0 Å². The Bertz CT molecular complexity index is 1280. The zero-order chi connectivity index (χ0) is 22.7. The van der Waals surface area contributed by atoms with Gasteiger partial charge in [0.1, 0.15) is 5.75 Å². The first-order chi connectivity index (χ1) is 15.5. The van der Waals surface area contributed by atoms with Gasteiger partial charge in [-0.05, 0) is 67.8 Å². The average molecular weight is 429 g/mol. The Morgan fingerprint density at radius 2 is 1.94 bits per heavy atom. The fourth-order valence-electron chi connectivity index (χ4n) is 3.92. The molecule has 6 nitrogen and oxygen atoms in total. The zero-order valence-corrected chi connectivity index (χ0v) is 19.0. The number of benzene rings is 2. The Kier molecular flexibility index (Phi) is 6.21. The molecule has 0 unspecified atom stereocenters. The van der Waals surface area contributed by atoms with E-state index in [1.165, 1.54) is 0 Å². The van der Waals surface area contributed by atoms with Crippen molar-refractivity contribution in [3.05, 3.63) is 71.7 Å². The first-order valence-electron chi connectivity index (χ1n) is 10.9. The molecule has 0 bridgehead atoms. The molecule has 0 amide bonds. The highest BCUT2D eigenvalue weighted by atomic mass is 16.5. The van der Waals surface area contributed by atoms with Gasteiger partial charge < -0.3 is 10.1 Å². The number of imidazole rings is 1. The number of aromatic nitrogens is 3. The number of fused-ring (bicyclic) bond motifs is 1. The Morgan fingerprint density at radius 3 is 2.66 bits per heavy atom. The second kappa shape index (κ2) is 9.22. The third-order valence-electron chi connectivity index (χ3n) is 5.67. The number of carbonyl (C=O) groups is 1. The number of methoxy groups -OCH3 is 1. The lowest BCUT2D eigenvalue weighted by molar-refractivity contribution is 0.0979. The number of carbonyl (C=O) groups excluding carboxylic acids is 1. The van der Waals surface area contributed by atoms with Crippen LogP contribution in [0.3, 0.4) is 0 Å². The van der Waals surface area contributed by atoms with Crippen molar-refractivity contribution in [3.8, 4) is 17.0 Å². The van der Waals surface area contributed by atoms with Crippen LogP contribution in [-0.4, -0.2) is 27.3 Å². The number of Topliss-reactive ketones (excluding diaryl/α,β-unsaturated/α-hetero) is 1. The number of ketones is 1. The largest absolute Gasteiger partial charge is 0.496 e. The van der Waals surface area contributed by atoms with Crippen LogP contribution >= 0.6 is 0 Å². The molecule has 0 saturated heterocycles. The molecule has 2 aromatic heterocycles. The lowest BCUT2D eigenvalue weighted by Crippen LogP contribution is -2.03. The van der Waals surface area contributed by atoms with Gasteiger partial charge in [-0.2, -0.15) is 0 Å². The summed E-state index contributed by atoms with van der Waals surface area (Å²) in [6.45, 7) is 6.09. The van der Waals surface area contributed by atoms with Crippen LogP contribution < -0.4 is 10.1 Å². The van der Waals surface area contributed by atoms with Gasteiger partial charge in [0.05, 0.1) is 19.0 Å². The Morgan fingerprint density at radius 1 is 1.09 bits per heavy atom. The first-order valence-corrected chi connectivity index (χ1v) is 10.9. The standard InChI is InChI=1S/C26H28N4O2/c1-5-6-7-23(31)21-10-9-20(15-17(21)2)29-25-26-28-16-22(30(26)13-12-27-25)19-8-11-24(32-4)18(3)14-19/h8-16H,5-7H2,1-4H3,(H,27,29). The number of aryl methyl sites for hydroxylation is 2. The quantitative estimate of drug-likeness (QED) is 0.342. The molecule has 0 atom stereocenters. The lowest BCUT2D eigenvalue weighted by atomic mass is 10.0. The lowest BCUT2D eigenvalue weighted by Gasteiger charge is -2.11. The van der Waals surface area contributed by atoms with Crippen molar-refractivity contribution in [1.29, 1.82) is 0 Å². The van der Waals surface area contributed by atoms with Crippen LogP contribution in [0.15, 0.2) is 55.0 Å². The topological polar surface area (TPSA) is 68.5 Å². The molecule has 32 heavy (non-hydrogen) atoms. The summed E-state index contributed by atoms with van der Waals surface area (Å²) >= 11 is 0. The molecule has 0 saturated carbocycles. The number of hydrogen-bond acceptors (Lipinski definition) is 5. The predicted molar refractivity (Wildman–Crippen MR) is 128 cm³/mol. The van der Waals surface area contributed by atoms with Crippen LogP contribution in [0.25, 0.3) is 16.9 Å². The summed E-state index contributed by atoms with van der Waals surface area (Å²) in [7, 11) is 1.68. The number of anilines is 2. The van der Waals surface area contributed by atoms with Gasteiger partial charge in [-0.15, -0.1) is 0 Å². The monoisotopic (exact) mass is 428 g/mol. The molecular formula is C26H28N4O2. The third-order valence-corrected chi connectivity index (χ3v) is 5.67. The van der Waals surface area contributed by atoms with Crippen molar-refractivity contribution in [2.45, 2.75) is 40.0 Å². The van der Waals surface area contributed by atoms with E-state index in [1.54, 1.807) is 13.3 Å². The molecule has 4 aromatic rings. The normalized spacial score (nSPS) is 11.0. The molecule has 0 radical (unpaired) electrons. The van der Waals surface area contributed by atoms with E-state index >= 15 is 0 Å². The maximum absolute atomic E-state index is 12.4. The Labute approximate surface area is 188 Å². The maximum Gasteiger partial charge on any atom is 0.180 e. The molecule has 164 valence electrons. The van der Waals surface area contributed by atoms with Crippen molar-refractivity contribution in [1.82, 2.24) is 14.4 Å². The third kappa shape index (κ3) is 4.21. The van der Waals surface area contributed by atoms with Gasteiger partial charge in [-0.3, -0.25) is 9.20 Å². The summed E-state index contributed by atoms with van der Waals surface area (Å²) in [5, 5.41) is 3.37. The minimum Gasteiger partial charge on any atom is -0.496 e. The van der Waals surface area contributed by atoms with Crippen LogP contribution in [0, 0.1) is 13.8 Å². The van der Waals surface area contributed by atoms with Crippen LogP contribution in [-0.2, 0) is 0 Å². The summed E-state index contributed by atoms with van der Waals surface area (Å²) in [5.74, 6) is 1.72. The average Bonchev–Trinajstić information content (AvgIpc) is 3.23. The van der Waals surface area contributed by atoms with Crippen LogP contribution in [0.5, 0.6) is 5.75 Å². The van der Waals surface area contributed by atoms with E-state index in [0.29, 0.717) is 12.2 Å². The van der Waals surface area contributed by atoms with Crippen molar-refractivity contribution < 1.29 is 9.53 Å². The summed E-state index contributed by atoms with van der Waals surface area (Å²) < 4.78 is 7.40. The Balaban J connectivity index is 1.63. The van der Waals surface area contributed by atoms with Gasteiger partial charge in [0, 0.05) is 35.6 Å². The number of rotatable bonds is 8. The number of unbranched alkanes of at least 4 members (excludes halogenated alkanes) is 1. The fraction of sp³-hybridized carbons (Fsp3) is 0.269. The van der Waals surface area contributed by atoms with Gasteiger partial charge in [0.15, 0.2) is 17.2 Å². The van der Waals surface area contributed by atoms with Crippen LogP contribution in [0.1, 0.15) is 47.7 Å². The minimum atomic E-state index is 0.198. The van der Waals surface area contributed by atoms with E-state index in [9.17, 15) is 4.79 Å². The van der Waals surface area contributed by atoms with E-state index in [0.717, 1.165) is 57.9 Å². The summed E-state index contributed by atoms with van der Waals surface area (Å²) in [6.07, 6.45) is 8.04. The summed E-state index contributed by atoms with van der Waals surface area (Å²) in [6, 6.07) is 11.9. The molecule has 0 aliphatic rings. The van der Waals surface area contributed by atoms with Gasteiger partial charge in [-0.25, -0.2) is 9.97 Å². The highest BCUT2D eigenvalue weighted by Gasteiger charge is 2.13. The highest BCUT2D eigenvalue weighted by Crippen LogP contribution is 2.29. The van der Waals surface area contributed by atoms with Crippen LogP contribution in [0.4, 0.5) is 11.5 Å². The van der Waals surface area contributed by atoms with Gasteiger partial charge in [0.2, 0.25) is 0 Å². The molecule has 4 rings (SSSR count). The predicted octanol–water partition coefficient (Wildman–Crippen LogP) is 6.14. The highest BCUT2D eigenvalue weighted by molar-refractivity contribution is 5.97. The SMILES string of the molecule is CCCCC(=O)c1ccc(Nc2nccn3c(-c4ccc(OC)c(C)c4)cnc23)cc1C. The number of nitrogens with one attached hydrogen (secondary N) is 1. The molecule has 0 aliphatic heterocycles. The van der Waals surface area contributed by atoms with Crippen LogP contribution in [0.2, 0.25) is 0 Å². The number of nitrogens with zero attached hydrogens (tertiary/aromatic N) is 3. The smallest absolute Gasteiger partial charge is 0.180 e. The Hall–Kier alpha value is -3.67. The van der Waals surface area contributed by atoms with Crippen molar-refractivity contribution in [2.75, 3.05) is 12.4 Å². The minimum absolute atomic E-state index is 0.198.